The molecular weight excluding hydrogens is 348 g/mol. The van der Waals surface area contributed by atoms with Crippen LogP contribution in [0.25, 0.3) is 0 Å². The summed E-state index contributed by atoms with van der Waals surface area (Å²) in [5.74, 6) is -0.0558. The minimum Gasteiger partial charge on any atom is -0.372 e. The zero-order valence-corrected chi connectivity index (χ0v) is 15.8. The SMILES string of the molecule is CC(=O)c1cccc(NC(=O)C[NH+](Cc2cccs2)C[C@@H]2CCCO2)c1. The third-order valence-corrected chi connectivity index (χ3v) is 5.38. The van der Waals surface area contributed by atoms with Crippen molar-refractivity contribution in [1.82, 2.24) is 0 Å². The van der Waals surface area contributed by atoms with Gasteiger partial charge in [-0.05, 0) is 43.3 Å². The maximum atomic E-state index is 12.6. The van der Waals surface area contributed by atoms with Gasteiger partial charge in [-0.15, -0.1) is 11.3 Å². The summed E-state index contributed by atoms with van der Waals surface area (Å²) >= 11 is 1.71. The van der Waals surface area contributed by atoms with Crippen LogP contribution in [0.4, 0.5) is 5.69 Å². The Morgan fingerprint density at radius 2 is 2.19 bits per heavy atom. The number of hydrogen-bond donors (Lipinski definition) is 2. The van der Waals surface area contributed by atoms with Crippen LogP contribution in [0.5, 0.6) is 0 Å². The van der Waals surface area contributed by atoms with Crippen molar-refractivity contribution in [1.29, 1.82) is 0 Å². The van der Waals surface area contributed by atoms with Crippen molar-refractivity contribution < 1.29 is 19.2 Å². The molecule has 0 aliphatic carbocycles. The fourth-order valence-corrected chi connectivity index (χ4v) is 4.02. The zero-order valence-electron chi connectivity index (χ0n) is 15.0. The highest BCUT2D eigenvalue weighted by Crippen LogP contribution is 2.12. The summed E-state index contributed by atoms with van der Waals surface area (Å²) < 4.78 is 5.76. The molecule has 1 unspecified atom stereocenters. The first-order chi connectivity index (χ1) is 12.6. The second-order valence-electron chi connectivity index (χ2n) is 6.71. The molecule has 1 aliphatic heterocycles. The molecule has 138 valence electrons. The minimum atomic E-state index is -0.0461. The summed E-state index contributed by atoms with van der Waals surface area (Å²) in [5, 5.41) is 4.98. The van der Waals surface area contributed by atoms with Crippen molar-refractivity contribution in [3.63, 3.8) is 0 Å². The van der Waals surface area contributed by atoms with Gasteiger partial charge in [0.15, 0.2) is 12.3 Å². The van der Waals surface area contributed by atoms with Crippen molar-refractivity contribution in [2.24, 2.45) is 0 Å². The molecule has 1 fully saturated rings. The number of anilines is 1. The smallest absolute Gasteiger partial charge is 0.279 e. The first-order valence-electron chi connectivity index (χ1n) is 8.98. The summed E-state index contributed by atoms with van der Waals surface area (Å²) in [6, 6.07) is 11.2. The van der Waals surface area contributed by atoms with Gasteiger partial charge in [0, 0.05) is 17.9 Å². The van der Waals surface area contributed by atoms with Crippen LogP contribution in [-0.4, -0.2) is 37.5 Å². The molecule has 26 heavy (non-hydrogen) atoms. The lowest BCUT2D eigenvalue weighted by atomic mass is 10.1. The Balaban J connectivity index is 1.62. The van der Waals surface area contributed by atoms with E-state index in [1.165, 1.54) is 16.7 Å². The first kappa shape index (κ1) is 18.8. The Morgan fingerprint density at radius 1 is 1.31 bits per heavy atom. The van der Waals surface area contributed by atoms with Crippen LogP contribution >= 0.6 is 11.3 Å². The van der Waals surface area contributed by atoms with Crippen LogP contribution in [0.1, 0.15) is 35.0 Å². The summed E-state index contributed by atoms with van der Waals surface area (Å²) in [4.78, 5) is 26.5. The van der Waals surface area contributed by atoms with E-state index in [9.17, 15) is 9.59 Å². The molecule has 2 atom stereocenters. The third-order valence-electron chi connectivity index (χ3n) is 4.51. The van der Waals surface area contributed by atoms with E-state index in [1.54, 1.807) is 29.5 Å². The third kappa shape index (κ3) is 5.49. The van der Waals surface area contributed by atoms with Gasteiger partial charge in [-0.2, -0.15) is 0 Å². The van der Waals surface area contributed by atoms with Gasteiger partial charge in [0.05, 0.1) is 4.88 Å². The Bertz CT molecular complexity index is 739. The molecule has 1 aromatic carbocycles. The molecule has 1 saturated heterocycles. The molecule has 0 radical (unpaired) electrons. The van der Waals surface area contributed by atoms with Crippen LogP contribution in [0.3, 0.4) is 0 Å². The van der Waals surface area contributed by atoms with E-state index < -0.39 is 0 Å². The van der Waals surface area contributed by atoms with E-state index in [2.05, 4.69) is 16.8 Å². The zero-order chi connectivity index (χ0) is 18.4. The molecule has 5 nitrogen and oxygen atoms in total. The summed E-state index contributed by atoms with van der Waals surface area (Å²) in [6.45, 7) is 4.37. The normalized spacial score (nSPS) is 17.8. The molecule has 0 saturated carbocycles. The molecule has 0 bridgehead atoms. The number of hydrogen-bond acceptors (Lipinski definition) is 4. The van der Waals surface area contributed by atoms with Crippen molar-refractivity contribution in [3.8, 4) is 0 Å². The number of Topliss-reactive ketones (excluding diaryl/α,β-unsaturated/α-hetero) is 1. The largest absolute Gasteiger partial charge is 0.372 e. The molecule has 2 heterocycles. The predicted octanol–water partition coefficient (Wildman–Crippen LogP) is 2.15. The lowest BCUT2D eigenvalue weighted by molar-refractivity contribution is -0.908. The van der Waals surface area contributed by atoms with Crippen molar-refractivity contribution in [3.05, 3.63) is 52.2 Å². The fourth-order valence-electron chi connectivity index (χ4n) is 3.24. The van der Waals surface area contributed by atoms with Crippen molar-refractivity contribution in [2.45, 2.75) is 32.4 Å². The number of benzene rings is 1. The Kier molecular flexibility index (Phi) is 6.55. The van der Waals surface area contributed by atoms with Crippen molar-refractivity contribution in [2.75, 3.05) is 25.0 Å². The summed E-state index contributed by atoms with van der Waals surface area (Å²) in [6.07, 6.45) is 2.40. The van der Waals surface area contributed by atoms with Crippen LogP contribution in [-0.2, 0) is 16.1 Å². The molecule has 3 rings (SSSR count). The number of carbonyl (C=O) groups excluding carboxylic acids is 2. The number of amides is 1. The molecule has 2 N–H and O–H groups in total. The number of carbonyl (C=O) groups is 2. The van der Waals surface area contributed by atoms with Crippen LogP contribution in [0.2, 0.25) is 0 Å². The highest BCUT2D eigenvalue weighted by Gasteiger charge is 2.24. The molecular formula is C20H25N2O3S+. The standard InChI is InChI=1S/C20H24N2O3S/c1-15(23)16-5-2-6-17(11-16)21-20(24)14-22(12-18-7-3-9-25-18)13-19-8-4-10-26-19/h2,4-6,8,10-11,18H,3,7,9,12-14H2,1H3,(H,21,24)/p+1/t18-/m0/s1. The second kappa shape index (κ2) is 9.07. The molecule has 1 aliphatic rings. The van der Waals surface area contributed by atoms with Gasteiger partial charge in [-0.3, -0.25) is 9.59 Å². The number of nitrogens with one attached hydrogen (secondary N) is 2. The Morgan fingerprint density at radius 3 is 2.88 bits per heavy atom. The van der Waals surface area contributed by atoms with Gasteiger partial charge in [-0.25, -0.2) is 0 Å². The van der Waals surface area contributed by atoms with Gasteiger partial charge in [-0.1, -0.05) is 18.2 Å². The van der Waals surface area contributed by atoms with E-state index >= 15 is 0 Å². The number of ketones is 1. The lowest BCUT2D eigenvalue weighted by Crippen LogP contribution is -3.12. The predicted molar refractivity (Wildman–Crippen MR) is 103 cm³/mol. The first-order valence-corrected chi connectivity index (χ1v) is 9.86. The minimum absolute atomic E-state index is 0.00979. The average molecular weight is 373 g/mol. The fraction of sp³-hybridized carbons (Fsp3) is 0.400. The molecule has 1 amide bonds. The van der Waals surface area contributed by atoms with Gasteiger partial charge >= 0.3 is 0 Å². The number of thiophene rings is 1. The Hall–Kier alpha value is -2.02. The van der Waals surface area contributed by atoms with E-state index in [0.717, 1.165) is 32.5 Å². The molecule has 6 heteroatoms. The van der Waals surface area contributed by atoms with Gasteiger partial charge in [0.1, 0.15) is 19.2 Å². The quantitative estimate of drug-likeness (QED) is 0.697. The van der Waals surface area contributed by atoms with Gasteiger partial charge in [0.25, 0.3) is 5.91 Å². The van der Waals surface area contributed by atoms with E-state index in [-0.39, 0.29) is 17.8 Å². The Labute approximate surface area is 158 Å². The monoisotopic (exact) mass is 373 g/mol. The van der Waals surface area contributed by atoms with Crippen LogP contribution < -0.4 is 10.2 Å². The molecule has 1 aromatic heterocycles. The maximum absolute atomic E-state index is 12.6. The van der Waals surface area contributed by atoms with Crippen LogP contribution in [0.15, 0.2) is 41.8 Å². The van der Waals surface area contributed by atoms with E-state index in [0.29, 0.717) is 17.8 Å². The van der Waals surface area contributed by atoms with Crippen LogP contribution in [0, 0.1) is 0 Å². The average Bonchev–Trinajstić information content (AvgIpc) is 3.29. The summed E-state index contributed by atoms with van der Waals surface area (Å²) in [7, 11) is 0. The lowest BCUT2D eigenvalue weighted by Gasteiger charge is -2.21. The molecule has 2 aromatic rings. The van der Waals surface area contributed by atoms with Gasteiger partial charge in [0.2, 0.25) is 0 Å². The summed E-state index contributed by atoms with van der Waals surface area (Å²) in [5.41, 5.74) is 1.26. The molecule has 0 spiro atoms. The highest BCUT2D eigenvalue weighted by molar-refractivity contribution is 7.09. The van der Waals surface area contributed by atoms with Gasteiger partial charge < -0.3 is 15.0 Å². The van der Waals surface area contributed by atoms with E-state index in [1.807, 2.05) is 12.1 Å². The number of quaternary nitrogens is 1. The van der Waals surface area contributed by atoms with Crippen molar-refractivity contribution >= 4 is 28.7 Å². The second-order valence-corrected chi connectivity index (χ2v) is 7.74. The topological polar surface area (TPSA) is 59.8 Å². The van der Waals surface area contributed by atoms with E-state index in [4.69, 9.17) is 4.74 Å². The number of rotatable bonds is 8. The maximum Gasteiger partial charge on any atom is 0.279 e. The highest BCUT2D eigenvalue weighted by atomic mass is 32.1. The number of ether oxygens (including phenoxy) is 1.